The van der Waals surface area contributed by atoms with Crippen molar-refractivity contribution in [2.45, 2.75) is 0 Å². The predicted molar refractivity (Wildman–Crippen MR) is 550 cm³/mol. The zero-order valence-corrected chi connectivity index (χ0v) is 72.4. The lowest BCUT2D eigenvalue weighted by atomic mass is 10.1. The van der Waals surface area contributed by atoms with Crippen LogP contribution in [0.4, 0.5) is 0 Å². The summed E-state index contributed by atoms with van der Waals surface area (Å²) in [5, 5.41) is 25.4. The fourth-order valence-electron chi connectivity index (χ4n) is 19.9. The fraction of sp³-hybridized carbons (Fsp3) is 0. The van der Waals surface area contributed by atoms with Crippen molar-refractivity contribution in [1.82, 2.24) is 43.6 Å². The quantitative estimate of drug-likeness (QED) is 0.163. The number of furan rings is 1. The number of aromatic nitrogens is 9. The maximum atomic E-state index is 6.49. The molecule has 30 aromatic rings. The lowest BCUT2D eigenvalue weighted by molar-refractivity contribution is 0.666. The predicted octanol–water partition coefficient (Wildman–Crippen LogP) is 32.9. The van der Waals surface area contributed by atoms with Crippen LogP contribution in [0.3, 0.4) is 0 Å². The normalized spacial score (nSPS) is 12.2. The van der Waals surface area contributed by atoms with E-state index in [1.54, 1.807) is 22.7 Å². The molecule has 12 heterocycles. The monoisotopic (exact) mass is 1730 g/mol. The zero-order valence-electron chi connectivity index (χ0n) is 68.3. The van der Waals surface area contributed by atoms with Crippen LogP contribution >= 0.6 is 56.7 Å². The van der Waals surface area contributed by atoms with E-state index < -0.39 is 0 Å². The van der Waals surface area contributed by atoms with Crippen LogP contribution in [0.15, 0.2) is 387 Å². The summed E-state index contributed by atoms with van der Waals surface area (Å²) in [5.74, 6) is 2.03. The third kappa shape index (κ3) is 11.3. The van der Waals surface area contributed by atoms with Crippen molar-refractivity contribution >= 4 is 278 Å². The van der Waals surface area contributed by atoms with Gasteiger partial charge in [-0.3, -0.25) is 13.7 Å². The third-order valence-electron chi connectivity index (χ3n) is 25.8. The lowest BCUT2D eigenvalue weighted by Crippen LogP contribution is -2.02. The first kappa shape index (κ1) is 72.6. The van der Waals surface area contributed by atoms with Gasteiger partial charge in [0.05, 0.1) is 64.9 Å². The van der Waals surface area contributed by atoms with Crippen LogP contribution in [0.2, 0.25) is 0 Å². The summed E-state index contributed by atoms with van der Waals surface area (Å²) >= 11 is 9.06. The molecule has 0 unspecified atom stereocenters. The fourth-order valence-corrected chi connectivity index (χ4v) is 25.5. The van der Waals surface area contributed by atoms with Gasteiger partial charge in [0.15, 0.2) is 5.58 Å². The van der Waals surface area contributed by atoms with Gasteiger partial charge in [0.2, 0.25) is 17.8 Å². The van der Waals surface area contributed by atoms with Crippen molar-refractivity contribution < 1.29 is 4.42 Å². The van der Waals surface area contributed by atoms with Crippen LogP contribution in [0.5, 0.6) is 0 Å². The van der Waals surface area contributed by atoms with Crippen LogP contribution in [0.25, 0.3) is 273 Å². The molecule has 0 aliphatic carbocycles. The van der Waals surface area contributed by atoms with Crippen molar-refractivity contribution in [3.63, 3.8) is 0 Å². The average molecular weight is 1740 g/mol. The summed E-state index contributed by atoms with van der Waals surface area (Å²) in [6, 6.07) is 137. The Hall–Kier alpha value is -15.7. The summed E-state index contributed by atoms with van der Waals surface area (Å²) in [4.78, 5) is 32.1. The molecule has 0 amide bonds. The van der Waals surface area contributed by atoms with Gasteiger partial charge in [-0.25, -0.2) is 29.9 Å². The molecule has 0 saturated heterocycles. The van der Waals surface area contributed by atoms with Gasteiger partial charge in [0.1, 0.15) is 16.8 Å². The van der Waals surface area contributed by atoms with Gasteiger partial charge < -0.3 is 4.42 Å². The topological polar surface area (TPSA) is 105 Å². The molecule has 10 nitrogen and oxygen atoms in total. The largest absolute Gasteiger partial charge is 0.452 e. The van der Waals surface area contributed by atoms with E-state index in [1.165, 1.54) is 145 Å². The van der Waals surface area contributed by atoms with Crippen molar-refractivity contribution in [3.05, 3.63) is 382 Å². The van der Waals surface area contributed by atoms with Gasteiger partial charge >= 0.3 is 0 Å². The summed E-state index contributed by atoms with van der Waals surface area (Å²) in [5.41, 5.74) is 16.9. The number of hydrogen-bond donors (Lipinski definition) is 0. The molecular formula is C114H63N9OS5. The second kappa shape index (κ2) is 28.4. The van der Waals surface area contributed by atoms with Crippen molar-refractivity contribution in [2.24, 2.45) is 0 Å². The minimum absolute atomic E-state index is 0.630. The Morgan fingerprint density at radius 1 is 0.186 bits per heavy atom. The number of thiophene rings is 5. The summed E-state index contributed by atoms with van der Waals surface area (Å²) < 4.78 is 25.6. The van der Waals surface area contributed by atoms with Crippen LogP contribution in [-0.2, 0) is 0 Å². The Balaban J connectivity index is 0.0000000976. The molecular weight excluding hydrogens is 1670 g/mol. The number of para-hydroxylation sites is 4. The first-order chi connectivity index (χ1) is 63.9. The highest BCUT2D eigenvalue weighted by atomic mass is 32.1. The van der Waals surface area contributed by atoms with Gasteiger partial charge in [-0.15, -0.1) is 56.7 Å². The van der Waals surface area contributed by atoms with Gasteiger partial charge in [0, 0.05) is 135 Å². The lowest BCUT2D eigenvalue weighted by Gasteiger charge is -2.10. The van der Waals surface area contributed by atoms with Gasteiger partial charge in [-0.05, 0) is 160 Å². The molecule has 600 valence electrons. The van der Waals surface area contributed by atoms with Crippen LogP contribution < -0.4 is 0 Å². The number of nitrogens with zero attached hydrogens (tertiary/aromatic N) is 9. The molecule has 0 fully saturated rings. The average Bonchev–Trinajstić information content (AvgIpc) is 1.58. The van der Waals surface area contributed by atoms with Crippen LogP contribution in [-0.4, -0.2) is 43.6 Å². The van der Waals surface area contributed by atoms with E-state index in [9.17, 15) is 0 Å². The second-order valence-electron chi connectivity index (χ2n) is 33.1. The van der Waals surface area contributed by atoms with Gasteiger partial charge in [-0.2, -0.15) is 0 Å². The molecule has 0 spiro atoms. The van der Waals surface area contributed by atoms with E-state index in [-0.39, 0.29) is 0 Å². The van der Waals surface area contributed by atoms with E-state index in [0.717, 1.165) is 104 Å². The van der Waals surface area contributed by atoms with Crippen LogP contribution in [0.1, 0.15) is 0 Å². The van der Waals surface area contributed by atoms with E-state index >= 15 is 0 Å². The molecule has 30 rings (SSSR count). The molecule has 0 saturated carbocycles. The van der Waals surface area contributed by atoms with E-state index in [4.69, 9.17) is 34.3 Å². The third-order valence-corrected chi connectivity index (χ3v) is 31.6. The summed E-state index contributed by atoms with van der Waals surface area (Å²) in [6.07, 6.45) is 0. The van der Waals surface area contributed by atoms with Crippen molar-refractivity contribution in [3.8, 4) is 51.6 Å². The molecule has 129 heavy (non-hydrogen) atoms. The van der Waals surface area contributed by atoms with Crippen molar-refractivity contribution in [1.29, 1.82) is 0 Å². The Bertz CT molecular complexity index is 9660. The highest BCUT2D eigenvalue weighted by Gasteiger charge is 2.27. The van der Waals surface area contributed by atoms with Crippen LogP contribution in [0, 0.1) is 0 Å². The zero-order chi connectivity index (χ0) is 84.2. The molecule has 0 aliphatic rings. The van der Waals surface area contributed by atoms with Gasteiger partial charge in [-0.1, -0.05) is 255 Å². The highest BCUT2D eigenvalue weighted by Crippen LogP contribution is 2.49. The first-order valence-electron chi connectivity index (χ1n) is 43.0. The number of hydrogen-bond acceptors (Lipinski definition) is 12. The smallest absolute Gasteiger partial charge is 0.236 e. The molecule has 12 aromatic heterocycles. The standard InChI is InChI=1S/C38H21N3OS.2C38H21N3S2/c1-2-10-23-21-31-28(19-22(23)9-1)25-11-3-6-14-30(25)41(31)38-39-35(37-36(40-38)27-13-4-7-15-32(27)42-37)24-17-18-34-29(20-24)26-12-5-8-16-33(26)43-34;1-2-10-23-21-31-28(19-22(23)9-1)25-11-3-6-14-30(25)41(31)38-39-35(37-36(40-38)27-13-5-8-16-33(27)43-37)24-17-18-34-29(20-24)26-12-4-7-15-32(26)42-34;1-2-10-23-20-31-29(19-22(23)9-1)25-11-3-6-14-30(25)41(31)38-39-35(37-36(40-38)28-13-5-8-16-33(28)43-37)24-17-18-27-26-12-4-7-15-32(26)42-34(27)21-24/h3*1-21H. The van der Waals surface area contributed by atoms with Gasteiger partial charge in [0.25, 0.3) is 0 Å². The summed E-state index contributed by atoms with van der Waals surface area (Å²) in [7, 11) is 0. The Morgan fingerprint density at radius 3 is 0.930 bits per heavy atom. The number of benzene rings is 18. The van der Waals surface area contributed by atoms with Crippen molar-refractivity contribution in [2.75, 3.05) is 0 Å². The molecule has 0 bridgehead atoms. The number of rotatable bonds is 6. The highest BCUT2D eigenvalue weighted by molar-refractivity contribution is 7.27. The first-order valence-corrected chi connectivity index (χ1v) is 47.1. The Kier molecular flexibility index (Phi) is 16.0. The van der Waals surface area contributed by atoms with E-state index in [0.29, 0.717) is 23.4 Å². The molecule has 0 aliphatic heterocycles. The SMILES string of the molecule is c1ccc2cc3c(cc2c1)c1ccccc1n3-c1nc(-c2ccc3c(c2)sc2ccccc23)c2sc3ccccc3c2n1.c1ccc2cc3c(cc2c1)c1ccccc1n3-c1nc(-c2ccc3sc4ccccc4c3c2)c2oc3ccccc3c2n1.c1ccc2cc3c(cc2c1)c1ccccc1n3-c1nc(-c2ccc3sc4ccccc4c3c2)c2sc3ccccc3c2n1. The molecule has 0 atom stereocenters. The second-order valence-corrected chi connectivity index (χ2v) is 38.4. The molecule has 0 radical (unpaired) electrons. The number of fused-ring (bicyclic) bond motifs is 30. The maximum Gasteiger partial charge on any atom is 0.236 e. The minimum atomic E-state index is 0.630. The molecule has 15 heteroatoms. The molecule has 0 N–H and O–H groups in total. The minimum Gasteiger partial charge on any atom is -0.452 e. The Labute approximate surface area is 753 Å². The van der Waals surface area contributed by atoms with E-state index in [2.05, 4.69) is 378 Å². The summed E-state index contributed by atoms with van der Waals surface area (Å²) in [6.45, 7) is 0. The maximum absolute atomic E-state index is 6.49. The van der Waals surface area contributed by atoms with E-state index in [1.807, 2.05) is 52.2 Å². The Morgan fingerprint density at radius 2 is 0.488 bits per heavy atom. The molecule has 18 aromatic carbocycles.